The molecule has 6 nitrogen and oxygen atoms in total. The standard InChI is InChI=1S/C7H8BrClN2O4S2/c8-6-3(9)1-5(16-6)17(14,15)11-2-4(12)7(10)13/h1,4,11-12H,2H2,(H2,10,13). The minimum absolute atomic E-state index is 0.0222. The molecule has 0 aliphatic carbocycles. The molecule has 1 unspecified atom stereocenters. The third-order valence-corrected chi connectivity index (χ3v) is 6.05. The fourth-order valence-electron chi connectivity index (χ4n) is 0.820. The molecule has 17 heavy (non-hydrogen) atoms. The average molecular weight is 364 g/mol. The molecular formula is C7H8BrClN2O4S2. The van der Waals surface area contributed by atoms with Crippen molar-refractivity contribution in [3.05, 3.63) is 14.9 Å². The van der Waals surface area contributed by atoms with Crippen molar-refractivity contribution < 1.29 is 18.3 Å². The summed E-state index contributed by atoms with van der Waals surface area (Å²) in [5.74, 6) is -1.00. The maximum atomic E-state index is 11.7. The molecule has 4 N–H and O–H groups in total. The van der Waals surface area contributed by atoms with Crippen LogP contribution in [0.25, 0.3) is 0 Å². The smallest absolute Gasteiger partial charge is 0.250 e. The second-order valence-corrected chi connectivity index (χ2v) is 7.73. The van der Waals surface area contributed by atoms with Gasteiger partial charge in [0.05, 0.1) is 8.81 Å². The quantitative estimate of drug-likeness (QED) is 0.698. The lowest BCUT2D eigenvalue weighted by Gasteiger charge is -2.07. The van der Waals surface area contributed by atoms with Crippen LogP contribution in [-0.4, -0.2) is 32.1 Å². The molecule has 1 aromatic rings. The van der Waals surface area contributed by atoms with Crippen LogP contribution in [0, 0.1) is 0 Å². The zero-order chi connectivity index (χ0) is 13.2. The Bertz CT molecular complexity index is 510. The van der Waals surface area contributed by atoms with E-state index in [1.165, 1.54) is 6.07 Å². The zero-order valence-corrected chi connectivity index (χ0v) is 12.2. The van der Waals surface area contributed by atoms with E-state index in [0.29, 0.717) is 3.79 Å². The number of aliphatic hydroxyl groups is 1. The summed E-state index contributed by atoms with van der Waals surface area (Å²) < 4.78 is 25.9. The second kappa shape index (κ2) is 5.63. The number of nitrogens with two attached hydrogens (primary N) is 1. The SMILES string of the molecule is NC(=O)C(O)CNS(=O)(=O)c1cc(Cl)c(Br)s1. The monoisotopic (exact) mass is 362 g/mol. The summed E-state index contributed by atoms with van der Waals surface area (Å²) in [6.07, 6.45) is -1.57. The Morgan fingerprint density at radius 1 is 1.71 bits per heavy atom. The highest BCUT2D eigenvalue weighted by atomic mass is 79.9. The molecule has 0 aromatic carbocycles. The van der Waals surface area contributed by atoms with E-state index >= 15 is 0 Å². The Kier molecular flexibility index (Phi) is 4.93. The molecule has 0 bridgehead atoms. The van der Waals surface area contributed by atoms with Crippen molar-refractivity contribution in [2.75, 3.05) is 6.54 Å². The highest BCUT2D eigenvalue weighted by Gasteiger charge is 2.21. The van der Waals surface area contributed by atoms with Gasteiger partial charge in [-0.3, -0.25) is 4.79 Å². The van der Waals surface area contributed by atoms with E-state index < -0.39 is 28.6 Å². The number of sulfonamides is 1. The molecule has 1 amide bonds. The third kappa shape index (κ3) is 3.90. The van der Waals surface area contributed by atoms with Crippen LogP contribution in [0.5, 0.6) is 0 Å². The van der Waals surface area contributed by atoms with Crippen molar-refractivity contribution in [1.29, 1.82) is 0 Å². The maximum Gasteiger partial charge on any atom is 0.250 e. The number of rotatable bonds is 5. The number of primary amides is 1. The first kappa shape index (κ1) is 14.9. The Labute approximate surface area is 115 Å². The molecule has 1 heterocycles. The molecule has 1 rings (SSSR count). The van der Waals surface area contributed by atoms with Crippen molar-refractivity contribution in [3.63, 3.8) is 0 Å². The summed E-state index contributed by atoms with van der Waals surface area (Å²) in [6.45, 7) is -0.481. The lowest BCUT2D eigenvalue weighted by molar-refractivity contribution is -0.125. The zero-order valence-electron chi connectivity index (χ0n) is 8.18. The number of hydrogen-bond donors (Lipinski definition) is 3. The van der Waals surface area contributed by atoms with Crippen LogP contribution < -0.4 is 10.5 Å². The number of carbonyl (C=O) groups is 1. The van der Waals surface area contributed by atoms with Crippen LogP contribution in [0.2, 0.25) is 5.02 Å². The molecule has 0 spiro atoms. The van der Waals surface area contributed by atoms with Gasteiger partial charge >= 0.3 is 0 Å². The highest BCUT2D eigenvalue weighted by molar-refractivity contribution is 9.11. The van der Waals surface area contributed by atoms with Gasteiger partial charge in [0.2, 0.25) is 15.9 Å². The summed E-state index contributed by atoms with van der Waals surface area (Å²) in [6, 6.07) is 1.26. The topological polar surface area (TPSA) is 109 Å². The molecule has 0 radical (unpaired) electrons. The summed E-state index contributed by atoms with van der Waals surface area (Å²) in [5.41, 5.74) is 4.78. The average Bonchev–Trinajstić information content (AvgIpc) is 2.56. The van der Waals surface area contributed by atoms with Gasteiger partial charge in [0, 0.05) is 6.54 Å². The van der Waals surface area contributed by atoms with E-state index in [4.69, 9.17) is 22.4 Å². The van der Waals surface area contributed by atoms with Gasteiger partial charge in [-0.25, -0.2) is 13.1 Å². The van der Waals surface area contributed by atoms with Crippen molar-refractivity contribution >= 4 is 54.8 Å². The number of aliphatic hydroxyl groups excluding tert-OH is 1. The van der Waals surface area contributed by atoms with Gasteiger partial charge in [0.1, 0.15) is 10.3 Å². The van der Waals surface area contributed by atoms with Crippen molar-refractivity contribution in [3.8, 4) is 0 Å². The summed E-state index contributed by atoms with van der Waals surface area (Å²) in [5, 5.41) is 9.33. The number of nitrogens with one attached hydrogen (secondary N) is 1. The van der Waals surface area contributed by atoms with Gasteiger partial charge in [0.25, 0.3) is 0 Å². The minimum atomic E-state index is -3.80. The van der Waals surface area contributed by atoms with Gasteiger partial charge in [0.15, 0.2) is 0 Å². The predicted molar refractivity (Wildman–Crippen MR) is 67.4 cm³/mol. The van der Waals surface area contributed by atoms with E-state index in [1.54, 1.807) is 0 Å². The number of amides is 1. The summed E-state index contributed by atoms with van der Waals surface area (Å²) in [7, 11) is -3.80. The van der Waals surface area contributed by atoms with E-state index in [2.05, 4.69) is 15.9 Å². The Balaban J connectivity index is 2.79. The van der Waals surface area contributed by atoms with Crippen LogP contribution >= 0.6 is 38.9 Å². The van der Waals surface area contributed by atoms with E-state index in [9.17, 15) is 13.2 Å². The first-order valence-corrected chi connectivity index (χ1v) is 7.63. The molecule has 10 heteroatoms. The van der Waals surface area contributed by atoms with Crippen LogP contribution in [-0.2, 0) is 14.8 Å². The molecule has 0 saturated heterocycles. The number of hydrogen-bond acceptors (Lipinski definition) is 5. The van der Waals surface area contributed by atoms with Gasteiger partial charge in [-0.2, -0.15) is 0 Å². The molecule has 0 fully saturated rings. The van der Waals surface area contributed by atoms with Gasteiger partial charge in [-0.15, -0.1) is 11.3 Å². The molecule has 0 aliphatic rings. The minimum Gasteiger partial charge on any atom is -0.382 e. The first-order chi connectivity index (χ1) is 7.74. The van der Waals surface area contributed by atoms with Crippen LogP contribution in [0.4, 0.5) is 0 Å². The van der Waals surface area contributed by atoms with Crippen molar-refractivity contribution in [2.45, 2.75) is 10.3 Å². The second-order valence-electron chi connectivity index (χ2n) is 2.96. The molecule has 0 aliphatic heterocycles. The summed E-state index contributed by atoms with van der Waals surface area (Å²) in [4.78, 5) is 10.5. The fourth-order valence-corrected chi connectivity index (χ4v) is 4.30. The lowest BCUT2D eigenvalue weighted by Crippen LogP contribution is -2.39. The Morgan fingerprint density at radius 2 is 2.29 bits per heavy atom. The Hall–Kier alpha value is -0.190. The van der Waals surface area contributed by atoms with Gasteiger partial charge < -0.3 is 10.8 Å². The molecule has 1 atom stereocenters. The van der Waals surface area contributed by atoms with Crippen LogP contribution in [0.3, 0.4) is 0 Å². The lowest BCUT2D eigenvalue weighted by atomic mass is 10.3. The van der Waals surface area contributed by atoms with Crippen LogP contribution in [0.15, 0.2) is 14.1 Å². The molecule has 96 valence electrons. The number of thiophene rings is 1. The van der Waals surface area contributed by atoms with E-state index in [1.807, 2.05) is 4.72 Å². The van der Waals surface area contributed by atoms with Crippen LogP contribution in [0.1, 0.15) is 0 Å². The third-order valence-electron chi connectivity index (χ3n) is 1.68. The molecular weight excluding hydrogens is 356 g/mol. The van der Waals surface area contributed by atoms with E-state index in [-0.39, 0.29) is 9.23 Å². The van der Waals surface area contributed by atoms with Crippen molar-refractivity contribution in [2.24, 2.45) is 5.73 Å². The van der Waals surface area contributed by atoms with Gasteiger partial charge in [-0.1, -0.05) is 11.6 Å². The summed E-state index contributed by atoms with van der Waals surface area (Å²) >= 11 is 9.70. The molecule has 1 aromatic heterocycles. The first-order valence-electron chi connectivity index (χ1n) is 4.16. The normalized spacial score (nSPS) is 13.6. The number of carbonyl (C=O) groups excluding carboxylic acids is 1. The highest BCUT2D eigenvalue weighted by Crippen LogP contribution is 2.34. The maximum absolute atomic E-state index is 11.7. The Morgan fingerprint density at radius 3 is 2.71 bits per heavy atom. The fraction of sp³-hybridized carbons (Fsp3) is 0.286. The van der Waals surface area contributed by atoms with Crippen molar-refractivity contribution in [1.82, 2.24) is 4.72 Å². The largest absolute Gasteiger partial charge is 0.382 e. The van der Waals surface area contributed by atoms with Gasteiger partial charge in [-0.05, 0) is 22.0 Å². The van der Waals surface area contributed by atoms with E-state index in [0.717, 1.165) is 11.3 Å². The predicted octanol–water partition coefficient (Wildman–Crippen LogP) is 0.288. The molecule has 0 saturated carbocycles. The number of halogens is 2.